The first-order chi connectivity index (χ1) is 18.6. The third-order valence-electron chi connectivity index (χ3n) is 6.90. The second-order valence-electron chi connectivity index (χ2n) is 9.32. The van der Waals surface area contributed by atoms with Crippen molar-refractivity contribution in [1.29, 1.82) is 0 Å². The van der Waals surface area contributed by atoms with E-state index in [4.69, 9.17) is 9.73 Å². The van der Waals surface area contributed by atoms with Gasteiger partial charge in [-0.3, -0.25) is 4.79 Å². The molecular formula is C28H26F4N4O3. The van der Waals surface area contributed by atoms with Crippen molar-refractivity contribution in [3.05, 3.63) is 83.7 Å². The summed E-state index contributed by atoms with van der Waals surface area (Å²) in [5.74, 6) is -0.706. The van der Waals surface area contributed by atoms with Gasteiger partial charge in [-0.2, -0.15) is 13.2 Å². The van der Waals surface area contributed by atoms with Gasteiger partial charge in [-0.1, -0.05) is 12.1 Å². The molecule has 0 aromatic heterocycles. The summed E-state index contributed by atoms with van der Waals surface area (Å²) in [5, 5.41) is 9.74. The van der Waals surface area contributed by atoms with Crippen LogP contribution in [-0.2, 0) is 11.0 Å². The topological polar surface area (TPSA) is 68.6 Å². The number of carbonyl (C=O) groups is 1. The van der Waals surface area contributed by atoms with E-state index in [-0.39, 0.29) is 5.69 Å². The summed E-state index contributed by atoms with van der Waals surface area (Å²) in [6.07, 6.45) is -5.06. The van der Waals surface area contributed by atoms with E-state index in [9.17, 15) is 27.5 Å². The van der Waals surface area contributed by atoms with Crippen LogP contribution in [0.2, 0.25) is 0 Å². The Hall–Kier alpha value is -4.28. The van der Waals surface area contributed by atoms with E-state index in [1.807, 2.05) is 29.2 Å². The van der Waals surface area contributed by atoms with Crippen molar-refractivity contribution >= 4 is 29.0 Å². The highest BCUT2D eigenvalue weighted by Gasteiger charge is 2.38. The van der Waals surface area contributed by atoms with Gasteiger partial charge in [-0.05, 0) is 48.5 Å². The number of hydrogen-bond acceptors (Lipinski definition) is 6. The third kappa shape index (κ3) is 5.47. The van der Waals surface area contributed by atoms with Crippen LogP contribution < -0.4 is 14.5 Å². The number of anilines is 2. The van der Waals surface area contributed by atoms with Crippen LogP contribution in [-0.4, -0.2) is 55.2 Å². The van der Waals surface area contributed by atoms with Crippen molar-refractivity contribution in [2.75, 3.05) is 43.1 Å². The lowest BCUT2D eigenvalue weighted by Crippen LogP contribution is -2.55. The fraction of sp³-hybridized carbons (Fsp3) is 0.286. The van der Waals surface area contributed by atoms with E-state index in [0.717, 1.165) is 23.6 Å². The quantitative estimate of drug-likeness (QED) is 0.418. The Bertz CT molecular complexity index is 1400. The lowest BCUT2D eigenvalue weighted by molar-refractivity contribution is -0.138. The van der Waals surface area contributed by atoms with Crippen molar-refractivity contribution in [3.63, 3.8) is 0 Å². The predicted octanol–water partition coefficient (Wildman–Crippen LogP) is 5.70. The van der Waals surface area contributed by atoms with Gasteiger partial charge in [0.2, 0.25) is 5.96 Å². The van der Waals surface area contributed by atoms with E-state index in [1.165, 1.54) is 35.2 Å². The van der Waals surface area contributed by atoms with Crippen LogP contribution in [0.3, 0.4) is 0 Å². The van der Waals surface area contributed by atoms with Crippen molar-refractivity contribution in [2.24, 2.45) is 4.99 Å². The van der Waals surface area contributed by atoms with Crippen LogP contribution in [0.5, 0.6) is 5.75 Å². The van der Waals surface area contributed by atoms with Crippen LogP contribution in [0, 0.1) is 5.82 Å². The number of ether oxygens (including phenoxy) is 1. The molecule has 7 nitrogen and oxygen atoms in total. The maximum atomic E-state index is 14.3. The Morgan fingerprint density at radius 3 is 2.36 bits per heavy atom. The largest absolute Gasteiger partial charge is 0.497 e. The summed E-state index contributed by atoms with van der Waals surface area (Å²) in [6.45, 7) is 2.12. The number of nitrogens with zero attached hydrogens (tertiary/aromatic N) is 4. The van der Waals surface area contributed by atoms with Gasteiger partial charge in [0, 0.05) is 49.2 Å². The summed E-state index contributed by atoms with van der Waals surface area (Å²) in [5.41, 5.74) is 0.907. The first-order valence-corrected chi connectivity index (χ1v) is 12.3. The number of piperazine rings is 1. The molecule has 39 heavy (non-hydrogen) atoms. The molecule has 204 valence electrons. The van der Waals surface area contributed by atoms with Gasteiger partial charge in [-0.15, -0.1) is 0 Å². The molecule has 3 aromatic carbocycles. The number of aliphatic imine (C=N–C) groups is 1. The van der Waals surface area contributed by atoms with E-state index in [0.29, 0.717) is 43.4 Å². The molecule has 1 atom stereocenters. The highest BCUT2D eigenvalue weighted by atomic mass is 19.4. The van der Waals surface area contributed by atoms with Crippen molar-refractivity contribution in [2.45, 2.75) is 18.6 Å². The summed E-state index contributed by atoms with van der Waals surface area (Å²) < 4.78 is 60.5. The normalized spacial score (nSPS) is 17.5. The maximum Gasteiger partial charge on any atom is 0.416 e. The van der Waals surface area contributed by atoms with Crippen molar-refractivity contribution in [3.8, 4) is 5.75 Å². The molecule has 0 bridgehead atoms. The van der Waals surface area contributed by atoms with Crippen LogP contribution in [0.4, 0.5) is 34.6 Å². The van der Waals surface area contributed by atoms with Gasteiger partial charge >= 0.3 is 12.1 Å². The fourth-order valence-corrected chi connectivity index (χ4v) is 5.02. The molecule has 2 heterocycles. The minimum absolute atomic E-state index is 0.125. The Kier molecular flexibility index (Phi) is 7.07. The van der Waals surface area contributed by atoms with Crippen LogP contribution in [0.1, 0.15) is 23.6 Å². The highest BCUT2D eigenvalue weighted by molar-refractivity contribution is 6.01. The summed E-state index contributed by atoms with van der Waals surface area (Å²) in [4.78, 5) is 22.2. The van der Waals surface area contributed by atoms with Gasteiger partial charge in [-0.25, -0.2) is 9.38 Å². The number of methoxy groups -OCH3 is 1. The Morgan fingerprint density at radius 1 is 0.974 bits per heavy atom. The monoisotopic (exact) mass is 542 g/mol. The number of guanidine groups is 1. The molecular weight excluding hydrogens is 516 g/mol. The van der Waals surface area contributed by atoms with Gasteiger partial charge in [0.15, 0.2) is 0 Å². The number of benzene rings is 3. The van der Waals surface area contributed by atoms with Gasteiger partial charge < -0.3 is 24.5 Å². The van der Waals surface area contributed by atoms with E-state index in [1.54, 1.807) is 7.11 Å². The molecule has 0 radical (unpaired) electrons. The molecule has 0 amide bonds. The average molecular weight is 543 g/mol. The Balaban J connectivity index is 1.54. The molecule has 11 heteroatoms. The number of aliphatic carboxylic acids is 1. The van der Waals surface area contributed by atoms with Gasteiger partial charge in [0.1, 0.15) is 11.6 Å². The number of carboxylic acid groups (broad SMARTS) is 1. The number of halogens is 4. The van der Waals surface area contributed by atoms with E-state index >= 15 is 0 Å². The van der Waals surface area contributed by atoms with Gasteiger partial charge in [0.05, 0.1) is 30.8 Å². The van der Waals surface area contributed by atoms with Crippen LogP contribution in [0.25, 0.3) is 0 Å². The maximum absolute atomic E-state index is 14.3. The molecule has 5 rings (SSSR count). The lowest BCUT2D eigenvalue weighted by Gasteiger charge is -2.45. The number of carboxylic acids is 1. The van der Waals surface area contributed by atoms with Gasteiger partial charge in [0.25, 0.3) is 0 Å². The first-order valence-electron chi connectivity index (χ1n) is 12.3. The molecule has 2 aliphatic rings. The Labute approximate surface area is 222 Å². The summed E-state index contributed by atoms with van der Waals surface area (Å²) >= 11 is 0. The number of alkyl halides is 3. The zero-order valence-corrected chi connectivity index (χ0v) is 21.0. The second-order valence-corrected chi connectivity index (χ2v) is 9.32. The first kappa shape index (κ1) is 26.3. The lowest BCUT2D eigenvalue weighted by atomic mass is 9.97. The molecule has 2 aliphatic heterocycles. The molecule has 0 saturated carbocycles. The zero-order chi connectivity index (χ0) is 27.7. The van der Waals surface area contributed by atoms with Crippen LogP contribution >= 0.6 is 0 Å². The molecule has 0 aliphatic carbocycles. The summed E-state index contributed by atoms with van der Waals surface area (Å²) in [6, 6.07) is 15.3. The van der Waals surface area contributed by atoms with E-state index in [2.05, 4.69) is 4.90 Å². The average Bonchev–Trinajstić information content (AvgIpc) is 2.92. The van der Waals surface area contributed by atoms with Crippen LogP contribution in [0.15, 0.2) is 71.7 Å². The zero-order valence-electron chi connectivity index (χ0n) is 21.0. The number of rotatable bonds is 5. The molecule has 1 unspecified atom stereocenters. The number of hydrogen-bond donors (Lipinski definition) is 1. The minimum Gasteiger partial charge on any atom is -0.497 e. The molecule has 1 N–H and O–H groups in total. The highest BCUT2D eigenvalue weighted by Crippen LogP contribution is 2.42. The second kappa shape index (κ2) is 10.5. The summed E-state index contributed by atoms with van der Waals surface area (Å²) in [7, 11) is 1.60. The molecule has 1 fully saturated rings. The standard InChI is InChI=1S/C28H26F4N4O3/c1-39-22-7-3-5-20(16-22)34-10-12-35(13-11-34)27-33-24-9-8-19(29)15-23(24)25(17-26(37)38)36(27)21-6-2-4-18(14-21)28(30,31)32/h2-9,14-16,25H,10-13,17H2,1H3,(H,37,38). The van der Waals surface area contributed by atoms with E-state index < -0.39 is 36.0 Å². The third-order valence-corrected chi connectivity index (χ3v) is 6.90. The molecule has 0 spiro atoms. The molecule has 1 saturated heterocycles. The predicted molar refractivity (Wildman–Crippen MR) is 139 cm³/mol. The van der Waals surface area contributed by atoms with Crippen molar-refractivity contribution < 1.29 is 32.2 Å². The SMILES string of the molecule is COc1cccc(N2CCN(C3=Nc4ccc(F)cc4C(CC(=O)O)N3c3cccc(C(F)(F)F)c3)CC2)c1. The Morgan fingerprint density at radius 2 is 1.67 bits per heavy atom. The number of fused-ring (bicyclic) bond motifs is 1. The minimum atomic E-state index is -4.60. The smallest absolute Gasteiger partial charge is 0.416 e. The fourth-order valence-electron chi connectivity index (χ4n) is 5.02. The van der Waals surface area contributed by atoms with Crippen molar-refractivity contribution in [1.82, 2.24) is 4.90 Å². The molecule has 3 aromatic rings.